The molecule has 2 aromatic carbocycles. The molecule has 1 aromatic heterocycles. The van der Waals surface area contributed by atoms with E-state index < -0.39 is 10.0 Å². The molecule has 1 aliphatic carbocycles. The Balaban J connectivity index is 1.27. The summed E-state index contributed by atoms with van der Waals surface area (Å²) in [5, 5.41) is 5.30. The first-order valence-electron chi connectivity index (χ1n) is 11.0. The van der Waals surface area contributed by atoms with Gasteiger partial charge in [-0.2, -0.15) is 4.31 Å². The van der Waals surface area contributed by atoms with E-state index in [1.165, 1.54) is 45.3 Å². The second kappa shape index (κ2) is 8.77. The van der Waals surface area contributed by atoms with E-state index in [-0.39, 0.29) is 10.8 Å². The van der Waals surface area contributed by atoms with Crippen molar-refractivity contribution in [3.05, 3.63) is 64.5 Å². The summed E-state index contributed by atoms with van der Waals surface area (Å²) in [6.45, 7) is 1.11. The van der Waals surface area contributed by atoms with Crippen LogP contribution in [0.15, 0.2) is 52.7 Å². The number of sulfonamides is 1. The van der Waals surface area contributed by atoms with E-state index in [0.29, 0.717) is 23.8 Å². The molecule has 0 radical (unpaired) electrons. The lowest BCUT2D eigenvalue weighted by Gasteiger charge is -2.25. The summed E-state index contributed by atoms with van der Waals surface area (Å²) >= 11 is 1.38. The van der Waals surface area contributed by atoms with Crippen LogP contribution in [0.3, 0.4) is 0 Å². The molecule has 0 spiro atoms. The van der Waals surface area contributed by atoms with Crippen molar-refractivity contribution in [1.29, 1.82) is 0 Å². The summed E-state index contributed by atoms with van der Waals surface area (Å²) < 4.78 is 27.1. The molecule has 1 amide bonds. The number of aromatic nitrogens is 1. The Bertz CT molecular complexity index is 1240. The van der Waals surface area contributed by atoms with Gasteiger partial charge < -0.3 is 0 Å². The summed E-state index contributed by atoms with van der Waals surface area (Å²) in [5.74, 6) is -0.304. The van der Waals surface area contributed by atoms with Crippen molar-refractivity contribution in [2.75, 3.05) is 18.4 Å². The topological polar surface area (TPSA) is 79.4 Å². The number of fused-ring (bicyclic) bond motifs is 1. The number of carbonyl (C=O) groups is 1. The molecule has 0 saturated carbocycles. The maximum Gasteiger partial charge on any atom is 0.257 e. The Morgan fingerprint density at radius 2 is 1.69 bits per heavy atom. The summed E-state index contributed by atoms with van der Waals surface area (Å²) in [4.78, 5) is 17.5. The fourth-order valence-electron chi connectivity index (χ4n) is 4.40. The van der Waals surface area contributed by atoms with Gasteiger partial charge in [0.05, 0.1) is 10.6 Å². The number of aryl methyl sites for hydroxylation is 2. The third-order valence-electron chi connectivity index (χ3n) is 6.19. The van der Waals surface area contributed by atoms with Crippen molar-refractivity contribution in [1.82, 2.24) is 9.29 Å². The number of anilines is 1. The molecule has 1 aliphatic heterocycles. The molecule has 1 fully saturated rings. The number of amides is 1. The third kappa shape index (κ3) is 4.22. The number of piperidine rings is 1. The lowest BCUT2D eigenvalue weighted by Crippen LogP contribution is -2.35. The molecular formula is C24H25N3O3S2. The van der Waals surface area contributed by atoms with Crippen LogP contribution in [0.1, 0.15) is 47.2 Å². The highest BCUT2D eigenvalue weighted by atomic mass is 32.2. The minimum Gasteiger partial charge on any atom is -0.298 e. The van der Waals surface area contributed by atoms with E-state index >= 15 is 0 Å². The van der Waals surface area contributed by atoms with Crippen molar-refractivity contribution in [2.24, 2.45) is 0 Å². The predicted octanol–water partition coefficient (Wildman–Crippen LogP) is 4.73. The Hall–Kier alpha value is -2.55. The highest BCUT2D eigenvalue weighted by Crippen LogP contribution is 2.30. The molecule has 6 nitrogen and oxygen atoms in total. The fraction of sp³-hybridized carbons (Fsp3) is 0.333. The SMILES string of the molecule is O=C(Nc1nc(-c2ccc3c(c2)CCC3)cs1)c1ccc(S(=O)(=O)N2CCCCC2)cc1. The summed E-state index contributed by atoms with van der Waals surface area (Å²) in [6, 6.07) is 12.6. The number of hydrogen-bond donors (Lipinski definition) is 1. The molecule has 0 bridgehead atoms. The van der Waals surface area contributed by atoms with Gasteiger partial charge in [0.15, 0.2) is 5.13 Å². The number of nitrogens with zero attached hydrogens (tertiary/aromatic N) is 2. The van der Waals surface area contributed by atoms with E-state index in [9.17, 15) is 13.2 Å². The number of hydrogen-bond acceptors (Lipinski definition) is 5. The zero-order chi connectivity index (χ0) is 22.1. The molecule has 166 valence electrons. The second-order valence-corrected chi connectivity index (χ2v) is 11.1. The van der Waals surface area contributed by atoms with Gasteiger partial charge >= 0.3 is 0 Å². The van der Waals surface area contributed by atoms with E-state index in [0.717, 1.165) is 43.4 Å². The summed E-state index contributed by atoms with van der Waals surface area (Å²) in [5.41, 5.74) is 5.12. The van der Waals surface area contributed by atoms with Crippen LogP contribution >= 0.6 is 11.3 Å². The molecule has 32 heavy (non-hydrogen) atoms. The van der Waals surface area contributed by atoms with Gasteiger partial charge in [-0.1, -0.05) is 18.6 Å². The van der Waals surface area contributed by atoms with E-state index in [1.54, 1.807) is 12.1 Å². The van der Waals surface area contributed by atoms with Crippen LogP contribution in [-0.4, -0.2) is 36.7 Å². The molecule has 8 heteroatoms. The fourth-order valence-corrected chi connectivity index (χ4v) is 6.63. The van der Waals surface area contributed by atoms with Crippen molar-refractivity contribution in [3.8, 4) is 11.3 Å². The van der Waals surface area contributed by atoms with Gasteiger partial charge in [-0.3, -0.25) is 10.1 Å². The van der Waals surface area contributed by atoms with Crippen LogP contribution in [0, 0.1) is 0 Å². The normalized spacial score (nSPS) is 16.6. The van der Waals surface area contributed by atoms with E-state index in [4.69, 9.17) is 0 Å². The van der Waals surface area contributed by atoms with Crippen molar-refractivity contribution < 1.29 is 13.2 Å². The highest BCUT2D eigenvalue weighted by Gasteiger charge is 2.26. The van der Waals surface area contributed by atoms with Crippen LogP contribution in [0.25, 0.3) is 11.3 Å². The number of nitrogens with one attached hydrogen (secondary N) is 1. The maximum atomic E-state index is 12.8. The molecule has 1 N–H and O–H groups in total. The van der Waals surface area contributed by atoms with Crippen LogP contribution < -0.4 is 5.32 Å². The van der Waals surface area contributed by atoms with E-state index in [2.05, 4.69) is 28.5 Å². The first-order valence-corrected chi connectivity index (χ1v) is 13.3. The molecule has 1 saturated heterocycles. The van der Waals surface area contributed by atoms with Crippen LogP contribution in [0.2, 0.25) is 0 Å². The second-order valence-electron chi connectivity index (χ2n) is 8.32. The van der Waals surface area contributed by atoms with Gasteiger partial charge in [0.1, 0.15) is 0 Å². The Morgan fingerprint density at radius 1 is 0.938 bits per heavy atom. The first kappa shape index (κ1) is 21.3. The molecule has 0 unspecified atom stereocenters. The number of thiazole rings is 1. The molecule has 3 aromatic rings. The minimum absolute atomic E-state index is 0.226. The number of rotatable bonds is 5. The van der Waals surface area contributed by atoms with Gasteiger partial charge in [0.25, 0.3) is 5.91 Å². The van der Waals surface area contributed by atoms with Gasteiger partial charge in [-0.25, -0.2) is 13.4 Å². The highest BCUT2D eigenvalue weighted by molar-refractivity contribution is 7.89. The smallest absolute Gasteiger partial charge is 0.257 e. The zero-order valence-corrected chi connectivity index (χ0v) is 19.3. The van der Waals surface area contributed by atoms with Crippen LogP contribution in [0.4, 0.5) is 5.13 Å². The lowest BCUT2D eigenvalue weighted by atomic mass is 10.1. The van der Waals surface area contributed by atoms with Gasteiger partial charge in [0, 0.05) is 29.6 Å². The average molecular weight is 468 g/mol. The van der Waals surface area contributed by atoms with Crippen molar-refractivity contribution in [2.45, 2.75) is 43.4 Å². The van der Waals surface area contributed by atoms with Gasteiger partial charge in [0.2, 0.25) is 10.0 Å². The first-order chi connectivity index (χ1) is 15.5. The minimum atomic E-state index is -3.50. The largest absolute Gasteiger partial charge is 0.298 e. The maximum absolute atomic E-state index is 12.8. The predicted molar refractivity (Wildman–Crippen MR) is 127 cm³/mol. The van der Waals surface area contributed by atoms with Crippen molar-refractivity contribution >= 4 is 32.4 Å². The van der Waals surface area contributed by atoms with Crippen LogP contribution in [-0.2, 0) is 22.9 Å². The number of benzene rings is 2. The quantitative estimate of drug-likeness (QED) is 0.589. The Morgan fingerprint density at radius 3 is 2.47 bits per heavy atom. The number of carbonyl (C=O) groups excluding carboxylic acids is 1. The third-order valence-corrected chi connectivity index (χ3v) is 8.86. The molecule has 2 heterocycles. The Labute approximate surface area is 192 Å². The average Bonchev–Trinajstić information content (AvgIpc) is 3.48. The van der Waals surface area contributed by atoms with Gasteiger partial charge in [-0.15, -0.1) is 11.3 Å². The summed E-state index contributed by atoms with van der Waals surface area (Å²) in [6.07, 6.45) is 6.31. The zero-order valence-electron chi connectivity index (χ0n) is 17.7. The van der Waals surface area contributed by atoms with Gasteiger partial charge in [-0.05, 0) is 73.6 Å². The monoisotopic (exact) mass is 467 g/mol. The molecule has 0 atom stereocenters. The van der Waals surface area contributed by atoms with E-state index in [1.807, 2.05) is 5.38 Å². The standard InChI is InChI=1S/C24H25N3O3S2/c28-23(18-9-11-21(12-10-18)32(29,30)27-13-2-1-3-14-27)26-24-25-22(16-31-24)20-8-7-17-5-4-6-19(17)15-20/h7-12,15-16H,1-6,13-14H2,(H,25,26,28). The molecule has 2 aliphatic rings. The lowest BCUT2D eigenvalue weighted by molar-refractivity contribution is 0.102. The summed E-state index contributed by atoms with van der Waals surface area (Å²) in [7, 11) is -3.50. The van der Waals surface area contributed by atoms with Crippen molar-refractivity contribution in [3.63, 3.8) is 0 Å². The Kier molecular flexibility index (Phi) is 5.84. The molecular weight excluding hydrogens is 442 g/mol. The molecule has 5 rings (SSSR count). The van der Waals surface area contributed by atoms with Crippen LogP contribution in [0.5, 0.6) is 0 Å².